The molecule has 1 fully saturated rings. The number of aliphatic hydroxyl groups is 1. The molecule has 0 spiro atoms. The minimum Gasteiger partial charge on any atom is -0.389 e. The quantitative estimate of drug-likeness (QED) is 0.400. The first-order chi connectivity index (χ1) is 15.9. The average molecular weight is 493 g/mol. The van der Waals surface area contributed by atoms with Crippen LogP contribution in [0.5, 0.6) is 0 Å². The molecule has 1 aromatic rings. The molecule has 0 saturated carbocycles. The summed E-state index contributed by atoms with van der Waals surface area (Å²) in [5.74, 6) is 0.728. The fraction of sp³-hybridized carbons (Fsp3) is 0.640. The highest BCUT2D eigenvalue weighted by Crippen LogP contribution is 2.13. The molecule has 4 amide bonds. The van der Waals surface area contributed by atoms with Crippen molar-refractivity contribution in [2.45, 2.75) is 71.2 Å². The summed E-state index contributed by atoms with van der Waals surface area (Å²) in [6.07, 6.45) is 0.209. The second-order valence-electron chi connectivity index (χ2n) is 10.3. The normalized spacial score (nSPS) is 18.1. The lowest BCUT2D eigenvalue weighted by molar-refractivity contribution is -0.128. The Bertz CT molecular complexity index is 813. The van der Waals surface area contributed by atoms with Gasteiger partial charge in [0.1, 0.15) is 6.04 Å². The molecule has 2 rings (SSSR count). The number of aliphatic hydroxyl groups excluding tert-OH is 1. The van der Waals surface area contributed by atoms with Crippen molar-refractivity contribution in [3.63, 3.8) is 0 Å². The highest BCUT2D eigenvalue weighted by Gasteiger charge is 2.31. The van der Waals surface area contributed by atoms with E-state index in [2.05, 4.69) is 29.8 Å². The van der Waals surface area contributed by atoms with Gasteiger partial charge in [0, 0.05) is 17.8 Å². The van der Waals surface area contributed by atoms with Crippen LogP contribution in [0, 0.1) is 5.92 Å². The predicted octanol–water partition coefficient (Wildman–Crippen LogP) is 2.16. The second-order valence-corrected chi connectivity index (χ2v) is 11.3. The lowest BCUT2D eigenvalue weighted by atomic mass is 10.00. The van der Waals surface area contributed by atoms with Crippen LogP contribution in [0.15, 0.2) is 30.3 Å². The minimum atomic E-state index is -0.992. The van der Waals surface area contributed by atoms with Crippen LogP contribution < -0.4 is 16.0 Å². The van der Waals surface area contributed by atoms with Crippen LogP contribution >= 0.6 is 11.8 Å². The lowest BCUT2D eigenvalue weighted by Gasteiger charge is -2.33. The Kier molecular flexibility index (Phi) is 10.7. The number of amides is 4. The van der Waals surface area contributed by atoms with Gasteiger partial charge in [-0.05, 0) is 45.1 Å². The zero-order valence-corrected chi connectivity index (χ0v) is 21.8. The van der Waals surface area contributed by atoms with E-state index in [0.717, 1.165) is 12.0 Å². The summed E-state index contributed by atoms with van der Waals surface area (Å²) >= 11 is 1.41. The largest absolute Gasteiger partial charge is 0.389 e. The van der Waals surface area contributed by atoms with Gasteiger partial charge in [-0.25, -0.2) is 4.79 Å². The van der Waals surface area contributed by atoms with Crippen molar-refractivity contribution < 1.29 is 19.5 Å². The molecule has 1 aromatic carbocycles. The molecule has 34 heavy (non-hydrogen) atoms. The number of benzene rings is 1. The molecule has 1 aliphatic rings. The van der Waals surface area contributed by atoms with Gasteiger partial charge in [0.2, 0.25) is 11.8 Å². The molecule has 1 saturated heterocycles. The Balaban J connectivity index is 2.17. The van der Waals surface area contributed by atoms with Crippen LogP contribution in [0.3, 0.4) is 0 Å². The van der Waals surface area contributed by atoms with Crippen molar-refractivity contribution >= 4 is 29.6 Å². The van der Waals surface area contributed by atoms with Gasteiger partial charge < -0.3 is 26.0 Å². The molecule has 3 atom stereocenters. The number of hydrogen-bond acceptors (Lipinski definition) is 5. The third kappa shape index (κ3) is 9.93. The topological polar surface area (TPSA) is 111 Å². The van der Waals surface area contributed by atoms with Gasteiger partial charge in [-0.3, -0.25) is 9.59 Å². The van der Waals surface area contributed by atoms with Crippen molar-refractivity contribution in [2.75, 3.05) is 24.6 Å². The van der Waals surface area contributed by atoms with E-state index >= 15 is 0 Å². The van der Waals surface area contributed by atoms with Crippen LogP contribution in [0.2, 0.25) is 0 Å². The van der Waals surface area contributed by atoms with Gasteiger partial charge in [0.15, 0.2) is 0 Å². The van der Waals surface area contributed by atoms with Gasteiger partial charge in [0.05, 0.1) is 24.4 Å². The molecule has 0 bridgehead atoms. The van der Waals surface area contributed by atoms with E-state index in [9.17, 15) is 19.5 Å². The standard InChI is InChI=1S/C25H40N4O4S/c1-17(2)11-12-29(24(33)28-25(3,4)5)14-21(30)19(13-18-9-7-6-8-10-18)27-23(32)20-15-34-16-22(31)26-20/h6-10,17,19-21,30H,11-16H2,1-5H3,(H,26,31)(H,27,32)(H,28,33)/t19-,20?,21+/m0/s1. The Hall–Kier alpha value is -2.26. The smallest absolute Gasteiger partial charge is 0.317 e. The summed E-state index contributed by atoms with van der Waals surface area (Å²) in [5, 5.41) is 19.8. The number of urea groups is 1. The fourth-order valence-corrected chi connectivity index (χ4v) is 4.42. The van der Waals surface area contributed by atoms with Gasteiger partial charge in [0.25, 0.3) is 0 Å². The maximum absolute atomic E-state index is 13.0. The van der Waals surface area contributed by atoms with E-state index in [-0.39, 0.29) is 24.4 Å². The fourth-order valence-electron chi connectivity index (χ4n) is 3.57. The predicted molar refractivity (Wildman–Crippen MR) is 137 cm³/mol. The molecule has 8 nitrogen and oxygen atoms in total. The summed E-state index contributed by atoms with van der Waals surface area (Å²) in [5.41, 5.74) is 0.550. The maximum atomic E-state index is 13.0. The van der Waals surface area contributed by atoms with Crippen LogP contribution in [-0.2, 0) is 16.0 Å². The highest BCUT2D eigenvalue weighted by molar-refractivity contribution is 8.00. The van der Waals surface area contributed by atoms with E-state index in [1.807, 2.05) is 51.1 Å². The first-order valence-corrected chi connectivity index (χ1v) is 13.1. The Labute approximate surface area is 207 Å². The van der Waals surface area contributed by atoms with Gasteiger partial charge in [-0.15, -0.1) is 11.8 Å². The Morgan fingerprint density at radius 3 is 2.50 bits per heavy atom. The van der Waals surface area contributed by atoms with E-state index in [4.69, 9.17) is 0 Å². The maximum Gasteiger partial charge on any atom is 0.317 e. The molecule has 0 aromatic heterocycles. The van der Waals surface area contributed by atoms with Crippen molar-refractivity contribution in [3.05, 3.63) is 35.9 Å². The van der Waals surface area contributed by atoms with E-state index in [1.54, 1.807) is 4.90 Å². The molecular formula is C25H40N4O4S. The Morgan fingerprint density at radius 1 is 1.24 bits per heavy atom. The van der Waals surface area contributed by atoms with E-state index in [1.165, 1.54) is 11.8 Å². The number of nitrogens with zero attached hydrogens (tertiary/aromatic N) is 1. The zero-order valence-electron chi connectivity index (χ0n) is 21.0. The van der Waals surface area contributed by atoms with Crippen molar-refractivity contribution in [1.82, 2.24) is 20.9 Å². The monoisotopic (exact) mass is 492 g/mol. The summed E-state index contributed by atoms with van der Waals surface area (Å²) < 4.78 is 0. The van der Waals surface area contributed by atoms with Crippen molar-refractivity contribution in [3.8, 4) is 0 Å². The molecule has 1 heterocycles. The minimum absolute atomic E-state index is 0.0815. The number of nitrogens with one attached hydrogen (secondary N) is 3. The second kappa shape index (κ2) is 13.0. The average Bonchev–Trinajstić information content (AvgIpc) is 2.75. The first kappa shape index (κ1) is 28.0. The van der Waals surface area contributed by atoms with Crippen LogP contribution in [0.4, 0.5) is 4.79 Å². The third-order valence-electron chi connectivity index (χ3n) is 5.41. The number of hydrogen-bond donors (Lipinski definition) is 4. The van der Waals surface area contributed by atoms with Crippen molar-refractivity contribution in [1.29, 1.82) is 0 Å². The number of carbonyl (C=O) groups excluding carboxylic acids is 3. The Morgan fingerprint density at radius 2 is 1.91 bits per heavy atom. The molecule has 0 aliphatic carbocycles. The van der Waals surface area contributed by atoms with Crippen LogP contribution in [0.1, 0.15) is 46.6 Å². The van der Waals surface area contributed by atoms with Gasteiger partial charge >= 0.3 is 6.03 Å². The van der Waals surface area contributed by atoms with E-state index in [0.29, 0.717) is 30.4 Å². The molecular weight excluding hydrogens is 452 g/mol. The highest BCUT2D eigenvalue weighted by atomic mass is 32.2. The molecule has 9 heteroatoms. The summed E-state index contributed by atoms with van der Waals surface area (Å²) in [6.45, 7) is 10.5. The third-order valence-corrected chi connectivity index (χ3v) is 6.45. The molecule has 1 aliphatic heterocycles. The number of carbonyl (C=O) groups is 3. The number of thioether (sulfide) groups is 1. The lowest BCUT2D eigenvalue weighted by Crippen LogP contribution is -2.58. The van der Waals surface area contributed by atoms with Gasteiger partial charge in [-0.2, -0.15) is 0 Å². The van der Waals surface area contributed by atoms with Crippen LogP contribution in [0.25, 0.3) is 0 Å². The zero-order chi connectivity index (χ0) is 25.3. The summed E-state index contributed by atoms with van der Waals surface area (Å²) in [7, 11) is 0. The molecule has 4 N–H and O–H groups in total. The summed E-state index contributed by atoms with van der Waals surface area (Å²) in [4.78, 5) is 39.2. The molecule has 0 radical (unpaired) electrons. The molecule has 1 unspecified atom stereocenters. The SMILES string of the molecule is CC(C)CCN(C[C@@H](O)[C@H](Cc1ccccc1)NC(=O)C1CSCC(=O)N1)C(=O)NC(C)(C)C. The molecule has 190 valence electrons. The summed E-state index contributed by atoms with van der Waals surface area (Å²) in [6, 6.07) is 8.09. The first-order valence-electron chi connectivity index (χ1n) is 11.9. The number of rotatable bonds is 10. The van der Waals surface area contributed by atoms with Crippen molar-refractivity contribution in [2.24, 2.45) is 5.92 Å². The van der Waals surface area contributed by atoms with E-state index < -0.39 is 23.7 Å². The van der Waals surface area contributed by atoms with Crippen LogP contribution in [-0.4, -0.2) is 76.2 Å². The van der Waals surface area contributed by atoms with Gasteiger partial charge in [-0.1, -0.05) is 44.2 Å².